The summed E-state index contributed by atoms with van der Waals surface area (Å²) in [7, 11) is 3.40. The number of benzene rings is 1. The van der Waals surface area contributed by atoms with Gasteiger partial charge in [-0.1, -0.05) is 0 Å². The third kappa shape index (κ3) is 3.23. The molecule has 1 N–H and O–H groups in total. The Balaban J connectivity index is 1.84. The minimum absolute atomic E-state index is 0.255. The van der Waals surface area contributed by atoms with Crippen molar-refractivity contribution >= 4 is 28.2 Å². The zero-order valence-electron chi connectivity index (χ0n) is 13.0. The first-order valence-electron chi connectivity index (χ1n) is 7.08. The SMILES string of the molecule is CNc1cc(-c2csc(N(C)C(=O)c3ccc(F)cc3)n2)ncn1. The molecule has 0 saturated heterocycles. The second-order valence-corrected chi connectivity index (χ2v) is 5.76. The lowest BCUT2D eigenvalue weighted by atomic mass is 10.2. The van der Waals surface area contributed by atoms with Gasteiger partial charge in [0.1, 0.15) is 23.7 Å². The van der Waals surface area contributed by atoms with Crippen molar-refractivity contribution in [3.8, 4) is 11.4 Å². The van der Waals surface area contributed by atoms with E-state index in [0.29, 0.717) is 27.9 Å². The number of nitrogens with zero attached hydrogens (tertiary/aromatic N) is 4. The Morgan fingerprint density at radius 3 is 2.67 bits per heavy atom. The number of rotatable bonds is 4. The minimum Gasteiger partial charge on any atom is -0.373 e. The average molecular weight is 343 g/mol. The Morgan fingerprint density at radius 2 is 1.96 bits per heavy atom. The maximum Gasteiger partial charge on any atom is 0.259 e. The van der Waals surface area contributed by atoms with Crippen molar-refractivity contribution in [2.45, 2.75) is 0 Å². The lowest BCUT2D eigenvalue weighted by Crippen LogP contribution is -2.26. The summed E-state index contributed by atoms with van der Waals surface area (Å²) in [5.41, 5.74) is 1.72. The summed E-state index contributed by atoms with van der Waals surface area (Å²) in [6.07, 6.45) is 1.45. The first kappa shape index (κ1) is 16.0. The summed E-state index contributed by atoms with van der Waals surface area (Å²) < 4.78 is 13.0. The van der Waals surface area contributed by atoms with Gasteiger partial charge in [0.25, 0.3) is 5.91 Å². The Bertz CT molecular complexity index is 865. The molecular weight excluding hydrogens is 329 g/mol. The maximum atomic E-state index is 13.0. The van der Waals surface area contributed by atoms with E-state index in [9.17, 15) is 9.18 Å². The largest absolute Gasteiger partial charge is 0.373 e. The van der Waals surface area contributed by atoms with Crippen LogP contribution in [-0.2, 0) is 0 Å². The molecule has 0 aliphatic heterocycles. The van der Waals surface area contributed by atoms with Gasteiger partial charge in [0.2, 0.25) is 0 Å². The van der Waals surface area contributed by atoms with Gasteiger partial charge < -0.3 is 5.32 Å². The van der Waals surface area contributed by atoms with Crippen LogP contribution in [0.5, 0.6) is 0 Å². The number of carbonyl (C=O) groups excluding carboxylic acids is 1. The summed E-state index contributed by atoms with van der Waals surface area (Å²) >= 11 is 1.33. The van der Waals surface area contributed by atoms with Gasteiger partial charge in [-0.2, -0.15) is 0 Å². The predicted octanol–water partition coefficient (Wildman–Crippen LogP) is 3.06. The van der Waals surface area contributed by atoms with Crippen LogP contribution in [0.3, 0.4) is 0 Å². The highest BCUT2D eigenvalue weighted by atomic mass is 32.1. The molecule has 122 valence electrons. The van der Waals surface area contributed by atoms with Crippen LogP contribution < -0.4 is 10.2 Å². The van der Waals surface area contributed by atoms with E-state index < -0.39 is 0 Å². The van der Waals surface area contributed by atoms with Gasteiger partial charge in [-0.25, -0.2) is 19.3 Å². The van der Waals surface area contributed by atoms with Crippen molar-refractivity contribution in [1.29, 1.82) is 0 Å². The molecule has 0 unspecified atom stereocenters. The van der Waals surface area contributed by atoms with E-state index >= 15 is 0 Å². The van der Waals surface area contributed by atoms with Crippen LogP contribution in [0.15, 0.2) is 42.0 Å². The number of aromatic nitrogens is 3. The van der Waals surface area contributed by atoms with E-state index in [0.717, 1.165) is 0 Å². The van der Waals surface area contributed by atoms with E-state index in [-0.39, 0.29) is 11.7 Å². The third-order valence-electron chi connectivity index (χ3n) is 3.36. The highest BCUT2D eigenvalue weighted by Crippen LogP contribution is 2.27. The molecule has 0 atom stereocenters. The predicted molar refractivity (Wildman–Crippen MR) is 91.8 cm³/mol. The first-order valence-corrected chi connectivity index (χ1v) is 7.96. The van der Waals surface area contributed by atoms with Gasteiger partial charge in [-0.15, -0.1) is 11.3 Å². The van der Waals surface area contributed by atoms with Gasteiger partial charge in [0.05, 0.1) is 5.69 Å². The normalized spacial score (nSPS) is 10.5. The van der Waals surface area contributed by atoms with Crippen molar-refractivity contribution in [1.82, 2.24) is 15.0 Å². The van der Waals surface area contributed by atoms with Crippen LogP contribution >= 0.6 is 11.3 Å². The van der Waals surface area contributed by atoms with Gasteiger partial charge in [-0.3, -0.25) is 9.69 Å². The zero-order valence-corrected chi connectivity index (χ0v) is 13.8. The average Bonchev–Trinajstić information content (AvgIpc) is 3.11. The highest BCUT2D eigenvalue weighted by molar-refractivity contribution is 7.14. The molecule has 0 bridgehead atoms. The fourth-order valence-electron chi connectivity index (χ4n) is 2.04. The van der Waals surface area contributed by atoms with Crippen LogP contribution in [-0.4, -0.2) is 35.0 Å². The molecule has 0 aliphatic carbocycles. The molecule has 1 amide bonds. The van der Waals surface area contributed by atoms with Gasteiger partial charge >= 0.3 is 0 Å². The monoisotopic (exact) mass is 343 g/mol. The Labute approximate surface area is 142 Å². The van der Waals surface area contributed by atoms with E-state index in [1.54, 1.807) is 20.2 Å². The summed E-state index contributed by atoms with van der Waals surface area (Å²) in [6.45, 7) is 0. The fraction of sp³-hybridized carbons (Fsp3) is 0.125. The minimum atomic E-state index is -0.380. The standard InChI is InChI=1S/C16H14FN5OS/c1-18-14-7-12(19-9-20-14)13-8-24-16(21-13)22(2)15(23)10-3-5-11(17)6-4-10/h3-9H,1-2H3,(H,18,19,20). The number of thiazole rings is 1. The lowest BCUT2D eigenvalue weighted by molar-refractivity contribution is 0.0993. The first-order chi connectivity index (χ1) is 11.6. The van der Waals surface area contributed by atoms with Gasteiger partial charge in [-0.05, 0) is 24.3 Å². The van der Waals surface area contributed by atoms with Crippen LogP contribution in [0.25, 0.3) is 11.4 Å². The molecule has 8 heteroatoms. The number of hydrogen-bond acceptors (Lipinski definition) is 6. The molecule has 2 aromatic heterocycles. The third-order valence-corrected chi connectivity index (χ3v) is 4.28. The molecule has 0 radical (unpaired) electrons. The maximum absolute atomic E-state index is 13.0. The van der Waals surface area contributed by atoms with Crippen molar-refractivity contribution in [3.05, 3.63) is 53.4 Å². The second-order valence-electron chi connectivity index (χ2n) is 4.92. The summed E-state index contributed by atoms with van der Waals surface area (Å²) in [6, 6.07) is 7.20. The topological polar surface area (TPSA) is 71.0 Å². The lowest BCUT2D eigenvalue weighted by Gasteiger charge is -2.13. The Kier molecular flexibility index (Phi) is 4.48. The number of carbonyl (C=O) groups is 1. The smallest absolute Gasteiger partial charge is 0.259 e. The molecule has 0 fully saturated rings. The van der Waals surface area contributed by atoms with Crippen LogP contribution in [0, 0.1) is 5.82 Å². The summed E-state index contributed by atoms with van der Waals surface area (Å²) in [5.74, 6) is 0.0506. The van der Waals surface area contributed by atoms with Crippen molar-refractivity contribution < 1.29 is 9.18 Å². The quantitative estimate of drug-likeness (QED) is 0.788. The van der Waals surface area contributed by atoms with Crippen molar-refractivity contribution in [2.24, 2.45) is 0 Å². The van der Waals surface area contributed by atoms with Crippen molar-refractivity contribution in [3.63, 3.8) is 0 Å². The molecular formula is C16H14FN5OS. The van der Waals surface area contributed by atoms with Crippen LogP contribution in [0.1, 0.15) is 10.4 Å². The number of hydrogen-bond donors (Lipinski definition) is 1. The van der Waals surface area contributed by atoms with Crippen LogP contribution in [0.4, 0.5) is 15.3 Å². The molecule has 0 aliphatic rings. The van der Waals surface area contributed by atoms with E-state index in [1.807, 2.05) is 5.38 Å². The Hall–Kier alpha value is -2.87. The van der Waals surface area contributed by atoms with Gasteiger partial charge in [0.15, 0.2) is 5.13 Å². The number of nitrogens with one attached hydrogen (secondary N) is 1. The molecule has 1 aromatic carbocycles. The number of anilines is 2. The number of amides is 1. The molecule has 3 rings (SSSR count). The Morgan fingerprint density at radius 1 is 1.21 bits per heavy atom. The molecule has 3 aromatic rings. The van der Waals surface area contributed by atoms with Crippen molar-refractivity contribution in [2.75, 3.05) is 24.3 Å². The summed E-state index contributed by atoms with van der Waals surface area (Å²) in [5, 5.41) is 5.30. The second kappa shape index (κ2) is 6.71. The molecule has 2 heterocycles. The van der Waals surface area contributed by atoms with Crippen LogP contribution in [0.2, 0.25) is 0 Å². The highest BCUT2D eigenvalue weighted by Gasteiger charge is 2.17. The van der Waals surface area contributed by atoms with E-state index in [4.69, 9.17) is 0 Å². The molecule has 0 spiro atoms. The van der Waals surface area contributed by atoms with E-state index in [2.05, 4.69) is 20.3 Å². The fourth-order valence-corrected chi connectivity index (χ4v) is 2.83. The zero-order chi connectivity index (χ0) is 17.1. The van der Waals surface area contributed by atoms with E-state index in [1.165, 1.54) is 46.8 Å². The van der Waals surface area contributed by atoms with Gasteiger partial charge in [0, 0.05) is 31.1 Å². The summed E-state index contributed by atoms with van der Waals surface area (Å²) in [4.78, 5) is 26.6. The molecule has 6 nitrogen and oxygen atoms in total. The molecule has 0 saturated carbocycles. The number of halogens is 1. The molecule has 24 heavy (non-hydrogen) atoms.